The van der Waals surface area contributed by atoms with Crippen LogP contribution in [0.4, 0.5) is 4.79 Å². The third-order valence-corrected chi connectivity index (χ3v) is 2.71. The Balaban J connectivity index is 2.74. The SMILES string of the molecule is COC(=O)N1CCC(C)C(OC(C)=O)C1O. The number of methoxy groups -OCH3 is 1. The summed E-state index contributed by atoms with van der Waals surface area (Å²) in [4.78, 5) is 23.4. The molecule has 0 radical (unpaired) electrons. The summed E-state index contributed by atoms with van der Waals surface area (Å²) in [6, 6.07) is 0. The molecule has 16 heavy (non-hydrogen) atoms. The van der Waals surface area contributed by atoms with Crippen molar-refractivity contribution in [3.63, 3.8) is 0 Å². The van der Waals surface area contributed by atoms with Crippen LogP contribution in [0.1, 0.15) is 20.3 Å². The lowest BCUT2D eigenvalue weighted by molar-refractivity contribution is -0.173. The highest BCUT2D eigenvalue weighted by molar-refractivity contribution is 5.68. The van der Waals surface area contributed by atoms with Crippen molar-refractivity contribution in [3.05, 3.63) is 0 Å². The van der Waals surface area contributed by atoms with E-state index in [-0.39, 0.29) is 5.92 Å². The molecule has 3 atom stereocenters. The minimum absolute atomic E-state index is 0.0137. The Bertz CT molecular complexity index is 280. The normalized spacial score (nSPS) is 29.8. The number of carbonyl (C=O) groups is 2. The van der Waals surface area contributed by atoms with E-state index in [1.165, 1.54) is 14.0 Å². The molecule has 92 valence electrons. The van der Waals surface area contributed by atoms with Crippen LogP contribution in [-0.2, 0) is 14.3 Å². The fraction of sp³-hybridized carbons (Fsp3) is 0.800. The third kappa shape index (κ3) is 2.63. The summed E-state index contributed by atoms with van der Waals surface area (Å²) >= 11 is 0. The summed E-state index contributed by atoms with van der Waals surface area (Å²) in [5.41, 5.74) is 0. The number of rotatable bonds is 1. The van der Waals surface area contributed by atoms with Crippen LogP contribution < -0.4 is 0 Å². The number of amides is 1. The zero-order chi connectivity index (χ0) is 12.3. The number of esters is 1. The maximum absolute atomic E-state index is 11.3. The number of aliphatic hydroxyl groups is 1. The molecule has 1 fully saturated rings. The van der Waals surface area contributed by atoms with Gasteiger partial charge in [-0.2, -0.15) is 0 Å². The van der Waals surface area contributed by atoms with E-state index in [9.17, 15) is 14.7 Å². The fourth-order valence-electron chi connectivity index (χ4n) is 1.80. The third-order valence-electron chi connectivity index (χ3n) is 2.71. The van der Waals surface area contributed by atoms with Gasteiger partial charge >= 0.3 is 12.1 Å². The van der Waals surface area contributed by atoms with E-state index in [1.54, 1.807) is 0 Å². The van der Waals surface area contributed by atoms with E-state index in [4.69, 9.17) is 4.74 Å². The Morgan fingerprint density at radius 3 is 2.56 bits per heavy atom. The largest absolute Gasteiger partial charge is 0.457 e. The van der Waals surface area contributed by atoms with Gasteiger partial charge in [0.05, 0.1) is 7.11 Å². The van der Waals surface area contributed by atoms with Gasteiger partial charge in [-0.1, -0.05) is 6.92 Å². The molecule has 3 unspecified atom stereocenters. The summed E-state index contributed by atoms with van der Waals surface area (Å²) in [6.07, 6.45) is -1.79. The highest BCUT2D eigenvalue weighted by Gasteiger charge is 2.39. The van der Waals surface area contributed by atoms with Gasteiger partial charge in [-0.05, 0) is 12.3 Å². The van der Waals surface area contributed by atoms with E-state index in [0.717, 1.165) is 4.90 Å². The molecule has 0 saturated carbocycles. The molecule has 0 aliphatic carbocycles. The summed E-state index contributed by atoms with van der Waals surface area (Å²) < 4.78 is 9.54. The lowest BCUT2D eigenvalue weighted by Crippen LogP contribution is -2.55. The average Bonchev–Trinajstić information content (AvgIpc) is 2.23. The minimum atomic E-state index is -1.14. The van der Waals surface area contributed by atoms with Gasteiger partial charge in [0.1, 0.15) is 6.10 Å². The first kappa shape index (κ1) is 12.8. The summed E-state index contributed by atoms with van der Waals surface area (Å²) in [6.45, 7) is 3.54. The second kappa shape index (κ2) is 5.16. The number of hydrogen-bond donors (Lipinski definition) is 1. The van der Waals surface area contributed by atoms with Crippen molar-refractivity contribution in [2.45, 2.75) is 32.6 Å². The van der Waals surface area contributed by atoms with Crippen LogP contribution in [0, 0.1) is 5.92 Å². The van der Waals surface area contributed by atoms with Crippen molar-refractivity contribution in [1.82, 2.24) is 4.90 Å². The molecule has 1 aliphatic rings. The Kier molecular flexibility index (Phi) is 4.12. The van der Waals surface area contributed by atoms with Gasteiger partial charge in [-0.25, -0.2) is 4.79 Å². The number of ether oxygens (including phenoxy) is 2. The second-order valence-corrected chi connectivity index (χ2v) is 3.92. The van der Waals surface area contributed by atoms with Crippen LogP contribution in [0.3, 0.4) is 0 Å². The Morgan fingerprint density at radius 2 is 2.06 bits per heavy atom. The van der Waals surface area contributed by atoms with Crippen LogP contribution in [0.5, 0.6) is 0 Å². The highest BCUT2D eigenvalue weighted by Crippen LogP contribution is 2.25. The van der Waals surface area contributed by atoms with E-state index in [0.29, 0.717) is 13.0 Å². The van der Waals surface area contributed by atoms with E-state index in [2.05, 4.69) is 4.74 Å². The lowest BCUT2D eigenvalue weighted by Gasteiger charge is -2.39. The Labute approximate surface area is 94.1 Å². The quantitative estimate of drug-likeness (QED) is 0.659. The average molecular weight is 231 g/mol. The molecule has 1 amide bonds. The molecular formula is C10H17NO5. The molecule has 1 aliphatic heterocycles. The van der Waals surface area contributed by atoms with E-state index < -0.39 is 24.4 Å². The van der Waals surface area contributed by atoms with Crippen LogP contribution in [0.25, 0.3) is 0 Å². The number of likely N-dealkylation sites (tertiary alicyclic amines) is 1. The van der Waals surface area contributed by atoms with Gasteiger partial charge in [0.15, 0.2) is 6.23 Å². The maximum atomic E-state index is 11.3. The molecule has 1 N–H and O–H groups in total. The van der Waals surface area contributed by atoms with Crippen LogP contribution in [-0.4, -0.2) is 48.1 Å². The molecule has 0 bridgehead atoms. The first-order chi connectivity index (χ1) is 7.47. The van der Waals surface area contributed by atoms with E-state index in [1.807, 2.05) is 6.92 Å². The Morgan fingerprint density at radius 1 is 1.44 bits per heavy atom. The lowest BCUT2D eigenvalue weighted by atomic mass is 9.94. The Hall–Kier alpha value is -1.30. The van der Waals surface area contributed by atoms with E-state index >= 15 is 0 Å². The van der Waals surface area contributed by atoms with Gasteiger partial charge in [0, 0.05) is 13.5 Å². The number of piperidine rings is 1. The first-order valence-electron chi connectivity index (χ1n) is 5.17. The smallest absolute Gasteiger partial charge is 0.411 e. The number of aliphatic hydroxyl groups excluding tert-OH is 1. The molecular weight excluding hydrogens is 214 g/mol. The number of hydrogen-bond acceptors (Lipinski definition) is 5. The molecule has 0 aromatic heterocycles. The van der Waals surface area contributed by atoms with Gasteiger partial charge in [0.2, 0.25) is 0 Å². The van der Waals surface area contributed by atoms with Crippen molar-refractivity contribution in [3.8, 4) is 0 Å². The van der Waals surface area contributed by atoms with Crippen molar-refractivity contribution in [1.29, 1.82) is 0 Å². The molecule has 1 heterocycles. The van der Waals surface area contributed by atoms with Crippen molar-refractivity contribution in [2.24, 2.45) is 5.92 Å². The molecule has 0 aromatic carbocycles. The zero-order valence-corrected chi connectivity index (χ0v) is 9.67. The van der Waals surface area contributed by atoms with Crippen molar-refractivity contribution >= 4 is 12.1 Å². The zero-order valence-electron chi connectivity index (χ0n) is 9.67. The van der Waals surface area contributed by atoms with Gasteiger partial charge < -0.3 is 14.6 Å². The first-order valence-corrected chi connectivity index (χ1v) is 5.17. The van der Waals surface area contributed by atoms with Crippen molar-refractivity contribution in [2.75, 3.05) is 13.7 Å². The van der Waals surface area contributed by atoms with Gasteiger partial charge in [0.25, 0.3) is 0 Å². The molecule has 6 heteroatoms. The minimum Gasteiger partial charge on any atom is -0.457 e. The summed E-state index contributed by atoms with van der Waals surface area (Å²) in [7, 11) is 1.24. The highest BCUT2D eigenvalue weighted by atomic mass is 16.6. The fourth-order valence-corrected chi connectivity index (χ4v) is 1.80. The predicted molar refractivity (Wildman–Crippen MR) is 54.5 cm³/mol. The van der Waals surface area contributed by atoms with Crippen molar-refractivity contribution < 1.29 is 24.2 Å². The summed E-state index contributed by atoms with van der Waals surface area (Å²) in [5.74, 6) is -0.456. The van der Waals surface area contributed by atoms with Gasteiger partial charge in [-0.3, -0.25) is 9.69 Å². The monoisotopic (exact) mass is 231 g/mol. The molecule has 0 spiro atoms. The maximum Gasteiger partial charge on any atom is 0.411 e. The van der Waals surface area contributed by atoms with Crippen LogP contribution in [0.15, 0.2) is 0 Å². The van der Waals surface area contributed by atoms with Gasteiger partial charge in [-0.15, -0.1) is 0 Å². The molecule has 0 aromatic rings. The second-order valence-electron chi connectivity index (χ2n) is 3.92. The molecule has 6 nitrogen and oxygen atoms in total. The van der Waals surface area contributed by atoms with Crippen LogP contribution in [0.2, 0.25) is 0 Å². The molecule has 1 saturated heterocycles. The standard InChI is InChI=1S/C10H17NO5/c1-6-4-5-11(10(14)15-3)9(13)8(6)16-7(2)12/h6,8-9,13H,4-5H2,1-3H3. The summed E-state index contributed by atoms with van der Waals surface area (Å²) in [5, 5.41) is 9.90. The number of carbonyl (C=O) groups excluding carboxylic acids is 2. The topological polar surface area (TPSA) is 76.1 Å². The predicted octanol–water partition coefficient (Wildman–Crippen LogP) is 0.345. The molecule has 1 rings (SSSR count). The number of nitrogens with zero attached hydrogens (tertiary/aromatic N) is 1. The van der Waals surface area contributed by atoms with Crippen LogP contribution >= 0.6 is 0 Å².